The zero-order chi connectivity index (χ0) is 15.8. The first-order chi connectivity index (χ1) is 9.72. The van der Waals surface area contributed by atoms with Crippen molar-refractivity contribution in [3.8, 4) is 0 Å². The number of sulfonamides is 1. The number of carbonyl (C=O) groups excluding carboxylic acids is 1. The van der Waals surface area contributed by atoms with Gasteiger partial charge in [0.1, 0.15) is 0 Å². The monoisotopic (exact) mass is 367 g/mol. The normalized spacial score (nSPS) is 18.2. The number of halogens is 1. The van der Waals surface area contributed by atoms with Gasteiger partial charge in [0, 0.05) is 0 Å². The van der Waals surface area contributed by atoms with Crippen molar-refractivity contribution in [2.75, 3.05) is 0 Å². The zero-order valence-electron chi connectivity index (χ0n) is 11.8. The van der Waals surface area contributed by atoms with Crippen molar-refractivity contribution >= 4 is 37.4 Å². The van der Waals surface area contributed by atoms with Crippen LogP contribution in [0.1, 0.15) is 19.4 Å². The highest BCUT2D eigenvalue weighted by atomic mass is 79.9. The number of allylic oxidation sites excluding steroid dienone is 4. The number of benzene rings is 1. The van der Waals surface area contributed by atoms with Gasteiger partial charge >= 0.3 is 0 Å². The Morgan fingerprint density at radius 1 is 1.05 bits per heavy atom. The first kappa shape index (κ1) is 15.9. The molecule has 0 atom stereocenters. The molecule has 1 aliphatic rings. The second-order valence-electron chi connectivity index (χ2n) is 4.86. The molecular weight excluding hydrogens is 354 g/mol. The van der Waals surface area contributed by atoms with E-state index in [-0.39, 0.29) is 16.4 Å². The van der Waals surface area contributed by atoms with Gasteiger partial charge in [0.25, 0.3) is 10.0 Å². The molecule has 0 unspecified atom stereocenters. The van der Waals surface area contributed by atoms with E-state index in [9.17, 15) is 13.2 Å². The average Bonchev–Trinajstić information content (AvgIpc) is 2.42. The van der Waals surface area contributed by atoms with E-state index in [1.807, 2.05) is 6.92 Å². The minimum absolute atomic E-state index is 0.132. The number of carbonyl (C=O) groups is 1. The van der Waals surface area contributed by atoms with Gasteiger partial charge in [-0.3, -0.25) is 4.79 Å². The molecular formula is C15H14BrNO3S. The second kappa shape index (κ2) is 5.69. The summed E-state index contributed by atoms with van der Waals surface area (Å²) in [6.45, 7) is 5.17. The fourth-order valence-electron chi connectivity index (χ4n) is 1.82. The number of aryl methyl sites for hydroxylation is 1. The van der Waals surface area contributed by atoms with Crippen LogP contribution in [-0.4, -0.2) is 19.9 Å². The molecule has 0 saturated heterocycles. The SMILES string of the molecule is CC1=C/C(=N/S(=O)(=O)c2ccc(C)cc2)C(C)=C(Br)C1=O. The highest BCUT2D eigenvalue weighted by Gasteiger charge is 2.23. The molecule has 4 nitrogen and oxygen atoms in total. The standard InChI is InChI=1S/C15H14BrNO3S/c1-9-4-6-12(7-5-9)21(19,20)17-13-8-10(2)15(18)14(16)11(13)3/h4-8H,1-3H3/b17-13-. The Bertz CT molecular complexity index is 800. The van der Waals surface area contributed by atoms with Gasteiger partial charge in [0.15, 0.2) is 5.78 Å². The predicted octanol–water partition coefficient (Wildman–Crippen LogP) is 3.32. The van der Waals surface area contributed by atoms with E-state index in [2.05, 4.69) is 20.3 Å². The van der Waals surface area contributed by atoms with E-state index in [0.29, 0.717) is 15.6 Å². The lowest BCUT2D eigenvalue weighted by Crippen LogP contribution is -2.15. The van der Waals surface area contributed by atoms with E-state index >= 15 is 0 Å². The number of hydrogen-bond acceptors (Lipinski definition) is 3. The number of rotatable bonds is 2. The average molecular weight is 368 g/mol. The molecule has 0 amide bonds. The number of nitrogens with zero attached hydrogens (tertiary/aromatic N) is 1. The quantitative estimate of drug-likeness (QED) is 0.753. The fraction of sp³-hybridized carbons (Fsp3) is 0.200. The summed E-state index contributed by atoms with van der Waals surface area (Å²) in [7, 11) is -3.80. The lowest BCUT2D eigenvalue weighted by molar-refractivity contribution is -0.111. The summed E-state index contributed by atoms with van der Waals surface area (Å²) in [5.74, 6) is -0.154. The molecule has 6 heteroatoms. The Hall–Kier alpha value is -1.53. The number of ketones is 1. The number of hydrogen-bond donors (Lipinski definition) is 0. The van der Waals surface area contributed by atoms with Crippen molar-refractivity contribution in [2.24, 2.45) is 4.40 Å². The molecule has 0 heterocycles. The molecule has 21 heavy (non-hydrogen) atoms. The molecule has 0 aromatic heterocycles. The van der Waals surface area contributed by atoms with Gasteiger partial charge in [0.2, 0.25) is 0 Å². The van der Waals surface area contributed by atoms with Crippen LogP contribution in [0.5, 0.6) is 0 Å². The van der Waals surface area contributed by atoms with E-state index < -0.39 is 10.0 Å². The van der Waals surface area contributed by atoms with Crippen LogP contribution >= 0.6 is 15.9 Å². The van der Waals surface area contributed by atoms with Crippen molar-refractivity contribution < 1.29 is 13.2 Å². The maximum absolute atomic E-state index is 12.3. The van der Waals surface area contributed by atoms with Crippen LogP contribution < -0.4 is 0 Å². The minimum atomic E-state index is -3.80. The Morgan fingerprint density at radius 2 is 1.62 bits per heavy atom. The van der Waals surface area contributed by atoms with Crippen LogP contribution in [-0.2, 0) is 14.8 Å². The predicted molar refractivity (Wildman–Crippen MR) is 86.2 cm³/mol. The molecule has 110 valence electrons. The molecule has 2 rings (SSSR count). The molecule has 0 spiro atoms. The van der Waals surface area contributed by atoms with E-state index in [1.165, 1.54) is 18.2 Å². The first-order valence-corrected chi connectivity index (χ1v) is 8.47. The van der Waals surface area contributed by atoms with E-state index in [4.69, 9.17) is 0 Å². The van der Waals surface area contributed by atoms with Gasteiger partial charge in [0.05, 0.1) is 15.1 Å². The molecule has 0 bridgehead atoms. The van der Waals surface area contributed by atoms with E-state index in [0.717, 1.165) is 5.56 Å². The summed E-state index contributed by atoms with van der Waals surface area (Å²) in [5.41, 5.74) is 2.21. The molecule has 0 saturated carbocycles. The lowest BCUT2D eigenvalue weighted by atomic mass is 9.99. The van der Waals surface area contributed by atoms with Crippen molar-refractivity contribution in [2.45, 2.75) is 25.7 Å². The molecule has 1 aromatic rings. The highest BCUT2D eigenvalue weighted by Crippen LogP contribution is 2.25. The van der Waals surface area contributed by atoms with Gasteiger partial charge in [-0.25, -0.2) is 0 Å². The molecule has 0 fully saturated rings. The molecule has 1 aliphatic carbocycles. The third kappa shape index (κ3) is 3.22. The van der Waals surface area contributed by atoms with Crippen LogP contribution in [0.25, 0.3) is 0 Å². The summed E-state index contributed by atoms with van der Waals surface area (Å²) >= 11 is 3.19. The smallest absolute Gasteiger partial charge is 0.282 e. The van der Waals surface area contributed by atoms with E-state index in [1.54, 1.807) is 26.0 Å². The minimum Gasteiger partial charge on any atom is -0.288 e. The van der Waals surface area contributed by atoms with Crippen molar-refractivity contribution in [1.82, 2.24) is 0 Å². The Kier molecular flexibility index (Phi) is 4.30. The Balaban J connectivity index is 2.52. The van der Waals surface area contributed by atoms with Crippen molar-refractivity contribution in [3.63, 3.8) is 0 Å². The molecule has 1 aromatic carbocycles. The van der Waals surface area contributed by atoms with Crippen LogP contribution in [0.2, 0.25) is 0 Å². The summed E-state index contributed by atoms with van der Waals surface area (Å²) in [6.07, 6.45) is 1.49. The molecule has 0 radical (unpaired) electrons. The van der Waals surface area contributed by atoms with Crippen molar-refractivity contribution in [1.29, 1.82) is 0 Å². The van der Waals surface area contributed by atoms with Crippen LogP contribution in [0.15, 0.2) is 55.3 Å². The lowest BCUT2D eigenvalue weighted by Gasteiger charge is -2.13. The first-order valence-electron chi connectivity index (χ1n) is 6.24. The zero-order valence-corrected chi connectivity index (χ0v) is 14.2. The highest BCUT2D eigenvalue weighted by molar-refractivity contribution is 9.12. The van der Waals surface area contributed by atoms with Gasteiger partial charge < -0.3 is 0 Å². The van der Waals surface area contributed by atoms with Crippen molar-refractivity contribution in [3.05, 3.63) is 51.5 Å². The van der Waals surface area contributed by atoms with Gasteiger partial charge in [-0.2, -0.15) is 12.8 Å². The Labute approximate surface area is 132 Å². The van der Waals surface area contributed by atoms with Crippen LogP contribution in [0.4, 0.5) is 0 Å². The third-order valence-corrected chi connectivity index (χ3v) is 5.42. The van der Waals surface area contributed by atoms with Gasteiger partial charge in [-0.1, -0.05) is 17.7 Å². The maximum Gasteiger partial charge on any atom is 0.282 e. The summed E-state index contributed by atoms with van der Waals surface area (Å²) in [6, 6.07) is 6.48. The topological polar surface area (TPSA) is 63.6 Å². The third-order valence-electron chi connectivity index (χ3n) is 3.16. The summed E-state index contributed by atoms with van der Waals surface area (Å²) < 4.78 is 28.8. The molecule has 0 aliphatic heterocycles. The largest absolute Gasteiger partial charge is 0.288 e. The van der Waals surface area contributed by atoms with Gasteiger partial charge in [-0.05, 0) is 66.1 Å². The number of Topliss-reactive ketones (excluding diaryl/α,β-unsaturated/α-hetero) is 1. The summed E-state index contributed by atoms with van der Waals surface area (Å²) in [4.78, 5) is 11.9. The van der Waals surface area contributed by atoms with Crippen LogP contribution in [0, 0.1) is 6.92 Å². The van der Waals surface area contributed by atoms with Gasteiger partial charge in [-0.15, -0.1) is 0 Å². The molecule has 0 N–H and O–H groups in total. The Morgan fingerprint density at radius 3 is 2.19 bits per heavy atom. The maximum atomic E-state index is 12.3. The second-order valence-corrected chi connectivity index (χ2v) is 7.26. The van der Waals surface area contributed by atoms with Crippen LogP contribution in [0.3, 0.4) is 0 Å². The fourth-order valence-corrected chi connectivity index (χ4v) is 3.37. The summed E-state index contributed by atoms with van der Waals surface area (Å²) in [5, 5.41) is 0.